The van der Waals surface area contributed by atoms with Gasteiger partial charge in [0.15, 0.2) is 5.78 Å². The third kappa shape index (κ3) is 22.9. The molecule has 0 aliphatic heterocycles. The molecule has 0 aliphatic rings. The van der Waals surface area contributed by atoms with Gasteiger partial charge in [0.1, 0.15) is 0 Å². The van der Waals surface area contributed by atoms with Crippen molar-refractivity contribution in [2.24, 2.45) is 0 Å². The minimum absolute atomic E-state index is 0.0185. The minimum Gasteiger partial charge on any atom is -0.377 e. The van der Waals surface area contributed by atoms with E-state index in [0.717, 1.165) is 13.0 Å². The Morgan fingerprint density at radius 3 is 2.25 bits per heavy atom. The van der Waals surface area contributed by atoms with Crippen LogP contribution in [0.25, 0.3) is 0 Å². The Balaban J connectivity index is 0. The average molecular weight is 170 g/mol. The van der Waals surface area contributed by atoms with E-state index in [1.807, 2.05) is 0 Å². The van der Waals surface area contributed by atoms with E-state index in [-0.39, 0.29) is 5.78 Å². The van der Waals surface area contributed by atoms with E-state index in [4.69, 9.17) is 4.74 Å². The highest BCUT2D eigenvalue weighted by Gasteiger charge is 1.74. The lowest BCUT2D eigenvalue weighted by molar-refractivity contribution is -0.112. The van der Waals surface area contributed by atoms with Gasteiger partial charge in [-0.2, -0.15) is 0 Å². The fourth-order valence-electron chi connectivity index (χ4n) is 0.311. The topological polar surface area (TPSA) is 26.3 Å². The molecular formula is C10H18O2. The Bertz CT molecular complexity index is 128. The predicted octanol–water partition coefficient (Wildman–Crippen LogP) is 2.36. The fourth-order valence-corrected chi connectivity index (χ4v) is 0.311. The summed E-state index contributed by atoms with van der Waals surface area (Å²) in [5.74, 6) is 0.0185. The van der Waals surface area contributed by atoms with Crippen LogP contribution in [0.5, 0.6) is 0 Å². The van der Waals surface area contributed by atoms with Crippen LogP contribution in [0.2, 0.25) is 0 Å². The monoisotopic (exact) mass is 170 g/mol. The highest BCUT2D eigenvalue weighted by atomic mass is 16.5. The van der Waals surface area contributed by atoms with Crippen molar-refractivity contribution in [3.63, 3.8) is 0 Å². The lowest BCUT2D eigenvalue weighted by Gasteiger charge is -1.92. The normalized spacial score (nSPS) is 7.83. The summed E-state index contributed by atoms with van der Waals surface area (Å²) >= 11 is 0. The summed E-state index contributed by atoms with van der Waals surface area (Å²) in [6, 6.07) is 0. The minimum atomic E-state index is 0.0185. The van der Waals surface area contributed by atoms with Crippen molar-refractivity contribution in [1.82, 2.24) is 0 Å². The molecule has 0 atom stereocenters. The van der Waals surface area contributed by atoms with Crippen molar-refractivity contribution in [1.29, 1.82) is 0 Å². The zero-order valence-corrected chi connectivity index (χ0v) is 8.01. The second kappa shape index (κ2) is 12.8. The molecule has 0 rings (SSSR count). The van der Waals surface area contributed by atoms with Crippen LogP contribution in [-0.4, -0.2) is 19.0 Å². The van der Waals surface area contributed by atoms with Gasteiger partial charge in [-0.3, -0.25) is 4.79 Å². The van der Waals surface area contributed by atoms with Crippen LogP contribution < -0.4 is 0 Å². The number of hydrogen-bond acceptors (Lipinski definition) is 2. The summed E-state index contributed by atoms with van der Waals surface area (Å²) in [5, 5.41) is 0. The standard InChI is InChI=1S/C6H12O.C4H6O/c1-3-5-7-6-4-2;1-3-4(2)5/h3H,1,4-6H2,2H3;3H,1H2,2H3. The van der Waals surface area contributed by atoms with E-state index >= 15 is 0 Å². The first-order chi connectivity index (χ1) is 5.68. The summed E-state index contributed by atoms with van der Waals surface area (Å²) in [7, 11) is 0. The molecule has 0 aliphatic carbocycles. The van der Waals surface area contributed by atoms with Gasteiger partial charge in [-0.15, -0.1) is 6.58 Å². The average Bonchev–Trinajstić information content (AvgIpc) is 2.07. The van der Waals surface area contributed by atoms with E-state index in [1.54, 1.807) is 6.08 Å². The van der Waals surface area contributed by atoms with Crippen LogP contribution in [0.15, 0.2) is 25.3 Å². The number of rotatable bonds is 5. The van der Waals surface area contributed by atoms with Crippen LogP contribution >= 0.6 is 0 Å². The van der Waals surface area contributed by atoms with Gasteiger partial charge < -0.3 is 4.74 Å². The molecule has 0 amide bonds. The van der Waals surface area contributed by atoms with Crippen LogP contribution in [0.3, 0.4) is 0 Å². The molecule has 70 valence electrons. The number of ether oxygens (including phenoxy) is 1. The molecule has 0 heterocycles. The van der Waals surface area contributed by atoms with E-state index < -0.39 is 0 Å². The zero-order valence-electron chi connectivity index (χ0n) is 8.01. The highest BCUT2D eigenvalue weighted by molar-refractivity contribution is 5.86. The number of ketones is 1. The smallest absolute Gasteiger partial charge is 0.152 e. The molecule has 2 nitrogen and oxygen atoms in total. The summed E-state index contributed by atoms with van der Waals surface area (Å²) in [6.07, 6.45) is 4.13. The van der Waals surface area contributed by atoms with Crippen molar-refractivity contribution < 1.29 is 9.53 Å². The van der Waals surface area contributed by atoms with Crippen LogP contribution in [0.1, 0.15) is 20.3 Å². The first-order valence-corrected chi connectivity index (χ1v) is 4.00. The maximum Gasteiger partial charge on any atom is 0.152 e. The quantitative estimate of drug-likeness (QED) is 0.359. The molecule has 0 fully saturated rings. The van der Waals surface area contributed by atoms with Gasteiger partial charge in [-0.1, -0.05) is 19.6 Å². The van der Waals surface area contributed by atoms with Gasteiger partial charge in [0.05, 0.1) is 6.61 Å². The fraction of sp³-hybridized carbons (Fsp3) is 0.500. The zero-order chi connectivity index (χ0) is 9.82. The van der Waals surface area contributed by atoms with Gasteiger partial charge >= 0.3 is 0 Å². The third-order valence-corrected chi connectivity index (χ3v) is 0.872. The van der Waals surface area contributed by atoms with Crippen molar-refractivity contribution in [2.45, 2.75) is 20.3 Å². The highest BCUT2D eigenvalue weighted by Crippen LogP contribution is 1.77. The third-order valence-electron chi connectivity index (χ3n) is 0.872. The molecule has 0 aromatic heterocycles. The van der Waals surface area contributed by atoms with Gasteiger partial charge in [0.2, 0.25) is 0 Å². The van der Waals surface area contributed by atoms with Crippen molar-refractivity contribution in [3.05, 3.63) is 25.3 Å². The number of carbonyl (C=O) groups excluding carboxylic acids is 1. The lowest BCUT2D eigenvalue weighted by Crippen LogP contribution is -1.90. The van der Waals surface area contributed by atoms with Crippen molar-refractivity contribution in [2.75, 3.05) is 13.2 Å². The molecular weight excluding hydrogens is 152 g/mol. The number of hydrogen-bond donors (Lipinski definition) is 0. The molecule has 0 aromatic rings. The Hall–Kier alpha value is -0.890. The van der Waals surface area contributed by atoms with E-state index in [2.05, 4.69) is 20.1 Å². The summed E-state index contributed by atoms with van der Waals surface area (Å²) in [5.41, 5.74) is 0. The molecule has 0 saturated carbocycles. The second-order valence-corrected chi connectivity index (χ2v) is 2.18. The molecule has 0 unspecified atom stereocenters. The maximum absolute atomic E-state index is 9.69. The first-order valence-electron chi connectivity index (χ1n) is 4.00. The molecule has 0 N–H and O–H groups in total. The largest absolute Gasteiger partial charge is 0.377 e. The summed E-state index contributed by atoms with van der Waals surface area (Å²) in [6.45, 7) is 11.8. The number of carbonyl (C=O) groups is 1. The molecule has 0 bridgehead atoms. The van der Waals surface area contributed by atoms with Crippen LogP contribution in [0.4, 0.5) is 0 Å². The van der Waals surface area contributed by atoms with E-state index in [0.29, 0.717) is 6.61 Å². The summed E-state index contributed by atoms with van der Waals surface area (Å²) in [4.78, 5) is 9.69. The Kier molecular flexibility index (Phi) is 14.5. The molecule has 12 heavy (non-hydrogen) atoms. The molecule has 0 radical (unpaired) electrons. The maximum atomic E-state index is 9.69. The van der Waals surface area contributed by atoms with E-state index in [1.165, 1.54) is 13.0 Å². The SMILES string of the molecule is C=CC(C)=O.C=CCOCCC. The van der Waals surface area contributed by atoms with Crippen LogP contribution in [-0.2, 0) is 9.53 Å². The Labute approximate surface area is 74.9 Å². The Morgan fingerprint density at radius 2 is 2.00 bits per heavy atom. The molecule has 0 saturated heterocycles. The van der Waals surface area contributed by atoms with Crippen molar-refractivity contribution >= 4 is 5.78 Å². The van der Waals surface area contributed by atoms with Crippen molar-refractivity contribution in [3.8, 4) is 0 Å². The molecule has 2 heteroatoms. The van der Waals surface area contributed by atoms with Gasteiger partial charge in [-0.05, 0) is 19.4 Å². The molecule has 0 spiro atoms. The summed E-state index contributed by atoms with van der Waals surface area (Å²) < 4.78 is 5.01. The molecule has 0 aromatic carbocycles. The van der Waals surface area contributed by atoms with Gasteiger partial charge in [-0.25, -0.2) is 0 Å². The first kappa shape index (κ1) is 13.7. The van der Waals surface area contributed by atoms with Gasteiger partial charge in [0.25, 0.3) is 0 Å². The van der Waals surface area contributed by atoms with Crippen LogP contribution in [0, 0.1) is 0 Å². The second-order valence-electron chi connectivity index (χ2n) is 2.18. The van der Waals surface area contributed by atoms with E-state index in [9.17, 15) is 4.79 Å². The predicted molar refractivity (Wildman–Crippen MR) is 52.2 cm³/mol. The van der Waals surface area contributed by atoms with Gasteiger partial charge in [0, 0.05) is 6.61 Å². The number of allylic oxidation sites excluding steroid dienone is 1. The Morgan fingerprint density at radius 1 is 1.50 bits per heavy atom. The lowest BCUT2D eigenvalue weighted by atomic mass is 10.5.